The number of hydrogen-bond acceptors (Lipinski definition) is 3. The maximum absolute atomic E-state index is 12.6. The van der Waals surface area contributed by atoms with E-state index in [-0.39, 0.29) is 5.56 Å². The number of pyridine rings is 1. The van der Waals surface area contributed by atoms with Crippen molar-refractivity contribution in [3.05, 3.63) is 63.2 Å². The SMILES string of the molecule is COc1ccc(Cl)c(C(=O)Nc2c(Cl)cc(Cl)c3cccnc23)c1. The summed E-state index contributed by atoms with van der Waals surface area (Å²) in [5.74, 6) is 0.102. The molecule has 0 aliphatic heterocycles. The average molecular weight is 382 g/mol. The van der Waals surface area contributed by atoms with Crippen molar-refractivity contribution in [1.82, 2.24) is 4.98 Å². The van der Waals surface area contributed by atoms with Gasteiger partial charge in [-0.2, -0.15) is 0 Å². The first-order valence-corrected chi connectivity index (χ1v) is 8.02. The fourth-order valence-electron chi connectivity index (χ4n) is 2.28. The van der Waals surface area contributed by atoms with E-state index in [0.29, 0.717) is 37.4 Å². The number of benzene rings is 2. The Labute approximate surface area is 153 Å². The number of amides is 1. The molecule has 0 bridgehead atoms. The molecule has 0 saturated carbocycles. The lowest BCUT2D eigenvalue weighted by Gasteiger charge is -2.12. The van der Waals surface area contributed by atoms with Gasteiger partial charge in [0.15, 0.2) is 0 Å². The summed E-state index contributed by atoms with van der Waals surface area (Å²) >= 11 is 18.5. The third kappa shape index (κ3) is 3.13. The maximum Gasteiger partial charge on any atom is 0.257 e. The van der Waals surface area contributed by atoms with Gasteiger partial charge in [0.05, 0.1) is 38.9 Å². The molecule has 0 unspecified atom stereocenters. The average Bonchev–Trinajstić information content (AvgIpc) is 2.59. The zero-order valence-electron chi connectivity index (χ0n) is 12.4. The first-order valence-electron chi connectivity index (χ1n) is 6.89. The Balaban J connectivity index is 2.06. The highest BCUT2D eigenvalue weighted by Crippen LogP contribution is 2.35. The number of carbonyl (C=O) groups excluding carboxylic acids is 1. The third-order valence-corrected chi connectivity index (χ3v) is 4.39. The molecule has 0 spiro atoms. The molecule has 0 saturated heterocycles. The van der Waals surface area contributed by atoms with E-state index < -0.39 is 5.91 Å². The van der Waals surface area contributed by atoms with Crippen LogP contribution in [0.1, 0.15) is 10.4 Å². The van der Waals surface area contributed by atoms with E-state index in [4.69, 9.17) is 39.5 Å². The molecule has 4 nitrogen and oxygen atoms in total. The van der Waals surface area contributed by atoms with Crippen molar-refractivity contribution in [3.8, 4) is 5.75 Å². The lowest BCUT2D eigenvalue weighted by atomic mass is 10.1. The Bertz CT molecular complexity index is 945. The van der Waals surface area contributed by atoms with Crippen molar-refractivity contribution in [2.45, 2.75) is 0 Å². The molecule has 7 heteroatoms. The Hall–Kier alpha value is -2.01. The minimum Gasteiger partial charge on any atom is -0.497 e. The molecule has 0 fully saturated rings. The van der Waals surface area contributed by atoms with E-state index in [1.54, 1.807) is 42.6 Å². The van der Waals surface area contributed by atoms with Crippen molar-refractivity contribution in [1.29, 1.82) is 0 Å². The van der Waals surface area contributed by atoms with Gasteiger partial charge in [-0.25, -0.2) is 0 Å². The highest BCUT2D eigenvalue weighted by molar-refractivity contribution is 6.41. The van der Waals surface area contributed by atoms with Gasteiger partial charge in [-0.1, -0.05) is 34.8 Å². The van der Waals surface area contributed by atoms with Crippen LogP contribution >= 0.6 is 34.8 Å². The summed E-state index contributed by atoms with van der Waals surface area (Å²) in [7, 11) is 1.51. The third-order valence-electron chi connectivity index (χ3n) is 3.45. The molecule has 1 N–H and O–H groups in total. The van der Waals surface area contributed by atoms with Crippen LogP contribution in [0.2, 0.25) is 15.1 Å². The number of halogens is 3. The van der Waals surface area contributed by atoms with Crippen LogP contribution in [0.15, 0.2) is 42.6 Å². The number of aromatic nitrogens is 1. The van der Waals surface area contributed by atoms with Crippen LogP contribution in [-0.2, 0) is 0 Å². The first-order chi connectivity index (χ1) is 11.5. The summed E-state index contributed by atoms with van der Waals surface area (Å²) in [5, 5.41) is 4.50. The van der Waals surface area contributed by atoms with Crippen molar-refractivity contribution < 1.29 is 9.53 Å². The zero-order valence-corrected chi connectivity index (χ0v) is 14.7. The van der Waals surface area contributed by atoms with E-state index in [9.17, 15) is 4.79 Å². The normalized spacial score (nSPS) is 10.7. The van der Waals surface area contributed by atoms with Crippen LogP contribution in [0.5, 0.6) is 5.75 Å². The number of carbonyl (C=O) groups is 1. The Kier molecular flexibility index (Phi) is 4.81. The van der Waals surface area contributed by atoms with E-state index in [0.717, 1.165) is 0 Å². The van der Waals surface area contributed by atoms with E-state index >= 15 is 0 Å². The maximum atomic E-state index is 12.6. The number of methoxy groups -OCH3 is 1. The van der Waals surface area contributed by atoms with Crippen LogP contribution in [0.25, 0.3) is 10.9 Å². The summed E-state index contributed by atoms with van der Waals surface area (Å²) in [6.07, 6.45) is 1.60. The molecule has 3 rings (SSSR count). The second-order valence-electron chi connectivity index (χ2n) is 4.91. The number of fused-ring (bicyclic) bond motifs is 1. The molecule has 2 aromatic carbocycles. The standard InChI is InChI=1S/C17H11Cl3N2O2/c1-24-9-4-5-12(18)11(7-9)17(23)22-16-14(20)8-13(19)10-3-2-6-21-15(10)16/h2-8H,1H3,(H,22,23). The number of rotatable bonds is 3. The largest absolute Gasteiger partial charge is 0.497 e. The summed E-state index contributed by atoms with van der Waals surface area (Å²) in [6.45, 7) is 0. The van der Waals surface area contributed by atoms with Gasteiger partial charge in [-0.15, -0.1) is 0 Å². The molecule has 3 aromatic rings. The lowest BCUT2D eigenvalue weighted by molar-refractivity contribution is 0.102. The van der Waals surface area contributed by atoms with Gasteiger partial charge in [-0.3, -0.25) is 9.78 Å². The molecule has 1 heterocycles. The summed E-state index contributed by atoms with van der Waals surface area (Å²) < 4.78 is 5.13. The number of hydrogen-bond donors (Lipinski definition) is 1. The van der Waals surface area contributed by atoms with Gasteiger partial charge in [0.1, 0.15) is 5.75 Å². The van der Waals surface area contributed by atoms with Crippen LogP contribution in [0.4, 0.5) is 5.69 Å². The second kappa shape index (κ2) is 6.85. The summed E-state index contributed by atoms with van der Waals surface area (Å²) in [5.41, 5.74) is 1.15. The van der Waals surface area contributed by atoms with Crippen molar-refractivity contribution in [3.63, 3.8) is 0 Å². The van der Waals surface area contributed by atoms with Crippen LogP contribution in [0.3, 0.4) is 0 Å². The molecular weight excluding hydrogens is 371 g/mol. The molecule has 0 radical (unpaired) electrons. The van der Waals surface area contributed by atoms with Gasteiger partial charge in [0.25, 0.3) is 5.91 Å². The van der Waals surface area contributed by atoms with Crippen molar-refractivity contribution in [2.24, 2.45) is 0 Å². The topological polar surface area (TPSA) is 51.2 Å². The number of nitrogens with one attached hydrogen (secondary N) is 1. The monoisotopic (exact) mass is 380 g/mol. The van der Waals surface area contributed by atoms with Crippen LogP contribution < -0.4 is 10.1 Å². The Morgan fingerprint density at radius 1 is 1.08 bits per heavy atom. The molecular formula is C17H11Cl3N2O2. The Morgan fingerprint density at radius 2 is 1.88 bits per heavy atom. The molecule has 0 aliphatic carbocycles. The summed E-state index contributed by atoms with van der Waals surface area (Å²) in [6, 6.07) is 9.94. The van der Waals surface area contributed by atoms with Crippen molar-refractivity contribution in [2.75, 3.05) is 12.4 Å². The lowest BCUT2D eigenvalue weighted by Crippen LogP contribution is -2.13. The van der Waals surface area contributed by atoms with E-state index in [1.165, 1.54) is 7.11 Å². The van der Waals surface area contributed by atoms with Gasteiger partial charge in [0.2, 0.25) is 0 Å². The fraction of sp³-hybridized carbons (Fsp3) is 0.0588. The minimum absolute atomic E-state index is 0.270. The molecule has 1 aromatic heterocycles. The highest BCUT2D eigenvalue weighted by atomic mass is 35.5. The number of anilines is 1. The molecule has 1 amide bonds. The molecule has 0 atom stereocenters. The summed E-state index contributed by atoms with van der Waals surface area (Å²) in [4.78, 5) is 16.9. The van der Waals surface area contributed by atoms with Crippen LogP contribution in [-0.4, -0.2) is 18.0 Å². The van der Waals surface area contributed by atoms with Gasteiger partial charge < -0.3 is 10.1 Å². The first kappa shape index (κ1) is 16.8. The highest BCUT2D eigenvalue weighted by Gasteiger charge is 2.17. The molecule has 0 aliphatic rings. The minimum atomic E-state index is -0.421. The predicted octanol–water partition coefficient (Wildman–Crippen LogP) is 5.46. The van der Waals surface area contributed by atoms with E-state index in [1.807, 2.05) is 0 Å². The van der Waals surface area contributed by atoms with Gasteiger partial charge >= 0.3 is 0 Å². The van der Waals surface area contributed by atoms with Gasteiger partial charge in [0, 0.05) is 11.6 Å². The quantitative estimate of drug-likeness (QED) is 0.656. The Morgan fingerprint density at radius 3 is 2.62 bits per heavy atom. The van der Waals surface area contributed by atoms with E-state index in [2.05, 4.69) is 10.3 Å². The number of ether oxygens (including phenoxy) is 1. The zero-order chi connectivity index (χ0) is 17.3. The molecule has 24 heavy (non-hydrogen) atoms. The van der Waals surface area contributed by atoms with Gasteiger partial charge in [-0.05, 0) is 36.4 Å². The van der Waals surface area contributed by atoms with Crippen LogP contribution in [0, 0.1) is 0 Å². The number of nitrogens with zero attached hydrogens (tertiary/aromatic N) is 1. The molecule has 122 valence electrons. The fourth-order valence-corrected chi connectivity index (χ4v) is 3.04. The van der Waals surface area contributed by atoms with Crippen molar-refractivity contribution >= 4 is 57.3 Å². The second-order valence-corrected chi connectivity index (χ2v) is 6.14. The predicted molar refractivity (Wildman–Crippen MR) is 97.7 cm³/mol. The smallest absolute Gasteiger partial charge is 0.257 e.